The van der Waals surface area contributed by atoms with Crippen LogP contribution in [0.3, 0.4) is 0 Å². The number of rotatable bonds is 0. The van der Waals surface area contributed by atoms with E-state index in [1.807, 2.05) is 84.9 Å². The SMILES string of the molecule is CP(=O)(C#Cc1cccc2ccccc12)C#Cc1cccc2ccccc12. The molecule has 4 aromatic carbocycles. The second-order valence-corrected chi connectivity index (χ2v) is 8.75. The van der Waals surface area contributed by atoms with Crippen LogP contribution in [0.4, 0.5) is 0 Å². The van der Waals surface area contributed by atoms with Crippen molar-refractivity contribution in [3.8, 4) is 23.2 Å². The molecule has 0 heterocycles. The molecule has 0 aromatic heterocycles. The molecule has 0 radical (unpaired) electrons. The molecule has 0 saturated carbocycles. The molecule has 0 bridgehead atoms. The molecule has 0 fully saturated rings. The van der Waals surface area contributed by atoms with E-state index in [0.717, 1.165) is 32.7 Å². The van der Waals surface area contributed by atoms with E-state index < -0.39 is 7.14 Å². The van der Waals surface area contributed by atoms with Crippen molar-refractivity contribution in [2.75, 3.05) is 6.66 Å². The third-order valence-electron chi connectivity index (χ3n) is 4.39. The van der Waals surface area contributed by atoms with E-state index in [1.54, 1.807) is 6.66 Å². The van der Waals surface area contributed by atoms with Gasteiger partial charge in [0.15, 0.2) is 0 Å². The number of benzene rings is 4. The monoisotopic (exact) mass is 364 g/mol. The summed E-state index contributed by atoms with van der Waals surface area (Å²) < 4.78 is 12.9. The molecule has 0 N–H and O–H groups in total. The Balaban J connectivity index is 1.71. The summed E-state index contributed by atoms with van der Waals surface area (Å²) in [5, 5.41) is 4.37. The van der Waals surface area contributed by atoms with Gasteiger partial charge in [-0.05, 0) is 45.0 Å². The molecule has 4 rings (SSSR count). The van der Waals surface area contributed by atoms with Gasteiger partial charge in [-0.3, -0.25) is 4.57 Å². The van der Waals surface area contributed by atoms with Gasteiger partial charge in [-0.25, -0.2) is 0 Å². The molecule has 1 nitrogen and oxygen atoms in total. The van der Waals surface area contributed by atoms with Crippen LogP contribution < -0.4 is 0 Å². The first kappa shape index (κ1) is 17.2. The molecule has 128 valence electrons. The molecule has 0 atom stereocenters. The topological polar surface area (TPSA) is 17.1 Å². The average Bonchev–Trinajstić information content (AvgIpc) is 2.71. The van der Waals surface area contributed by atoms with Gasteiger partial charge in [-0.2, -0.15) is 0 Å². The Labute approximate surface area is 159 Å². The second kappa shape index (κ2) is 7.17. The first-order valence-corrected chi connectivity index (χ1v) is 10.9. The van der Waals surface area contributed by atoms with Gasteiger partial charge in [-0.1, -0.05) is 84.6 Å². The first-order chi connectivity index (χ1) is 13.1. The van der Waals surface area contributed by atoms with Crippen LogP contribution in [-0.4, -0.2) is 6.66 Å². The minimum atomic E-state index is -2.90. The van der Waals surface area contributed by atoms with Gasteiger partial charge >= 0.3 is 0 Å². The van der Waals surface area contributed by atoms with E-state index in [0.29, 0.717) is 0 Å². The van der Waals surface area contributed by atoms with Crippen LogP contribution in [0, 0.1) is 23.2 Å². The van der Waals surface area contributed by atoms with Crippen molar-refractivity contribution >= 4 is 28.7 Å². The molecule has 0 unspecified atom stereocenters. The normalized spacial score (nSPS) is 10.7. The van der Waals surface area contributed by atoms with Gasteiger partial charge in [0, 0.05) is 17.8 Å². The highest BCUT2D eigenvalue weighted by atomic mass is 31.2. The molecule has 0 spiro atoms. The van der Waals surface area contributed by atoms with Crippen molar-refractivity contribution in [1.82, 2.24) is 0 Å². The highest BCUT2D eigenvalue weighted by Crippen LogP contribution is 2.38. The highest BCUT2D eigenvalue weighted by molar-refractivity contribution is 7.73. The zero-order valence-corrected chi connectivity index (χ0v) is 15.8. The van der Waals surface area contributed by atoms with E-state index in [9.17, 15) is 4.57 Å². The Morgan fingerprint density at radius 2 is 1.00 bits per heavy atom. The zero-order valence-electron chi connectivity index (χ0n) is 14.9. The van der Waals surface area contributed by atoms with Gasteiger partial charge in [0.2, 0.25) is 7.14 Å². The summed E-state index contributed by atoms with van der Waals surface area (Å²) in [6.45, 7) is 1.63. The lowest BCUT2D eigenvalue weighted by Gasteiger charge is -2.01. The molecule has 0 aliphatic rings. The molecule has 0 saturated heterocycles. The summed E-state index contributed by atoms with van der Waals surface area (Å²) in [5.74, 6) is 6.17. The molecule has 0 aliphatic carbocycles. The summed E-state index contributed by atoms with van der Waals surface area (Å²) in [7, 11) is -2.90. The quantitative estimate of drug-likeness (QED) is 0.264. The van der Waals surface area contributed by atoms with E-state index in [1.165, 1.54) is 0 Å². The second-order valence-electron chi connectivity index (χ2n) is 6.45. The summed E-state index contributed by atoms with van der Waals surface area (Å²) in [4.78, 5) is 0. The highest BCUT2D eigenvalue weighted by Gasteiger charge is 2.07. The predicted molar refractivity (Wildman–Crippen MR) is 115 cm³/mol. The lowest BCUT2D eigenvalue weighted by atomic mass is 10.1. The van der Waals surface area contributed by atoms with E-state index in [4.69, 9.17) is 0 Å². The summed E-state index contributed by atoms with van der Waals surface area (Å²) in [5.41, 5.74) is 7.59. The van der Waals surface area contributed by atoms with Crippen molar-refractivity contribution in [1.29, 1.82) is 0 Å². The van der Waals surface area contributed by atoms with Crippen LogP contribution >= 0.6 is 7.14 Å². The fourth-order valence-corrected chi connectivity index (χ4v) is 3.75. The zero-order chi connectivity index (χ0) is 18.7. The number of fused-ring (bicyclic) bond motifs is 2. The standard InChI is InChI=1S/C25H17OP/c1-27(26,18-16-22-12-6-10-20-8-2-4-14-24(20)22)19-17-23-13-7-11-21-9-3-5-15-25(21)23/h2-15H,1H3. The van der Waals surface area contributed by atoms with Gasteiger partial charge < -0.3 is 0 Å². The smallest absolute Gasteiger partial charge is 0.220 e. The fourth-order valence-electron chi connectivity index (χ4n) is 3.03. The Hall–Kier alpha value is -3.25. The van der Waals surface area contributed by atoms with Crippen LogP contribution in [0.25, 0.3) is 21.5 Å². The predicted octanol–water partition coefficient (Wildman–Crippen LogP) is 6.30. The summed E-state index contributed by atoms with van der Waals surface area (Å²) in [6, 6.07) is 28.1. The number of hydrogen-bond donors (Lipinski definition) is 0. The first-order valence-electron chi connectivity index (χ1n) is 8.72. The van der Waals surface area contributed by atoms with E-state index in [-0.39, 0.29) is 0 Å². The van der Waals surface area contributed by atoms with Crippen LogP contribution in [0.15, 0.2) is 84.9 Å². The maximum atomic E-state index is 12.9. The van der Waals surface area contributed by atoms with Crippen LogP contribution in [0.1, 0.15) is 11.1 Å². The minimum absolute atomic E-state index is 0.877. The van der Waals surface area contributed by atoms with Crippen molar-refractivity contribution in [3.05, 3.63) is 96.1 Å². The lowest BCUT2D eigenvalue weighted by Crippen LogP contribution is -1.80. The minimum Gasteiger partial charge on any atom is -0.296 e. The molecule has 4 aromatic rings. The van der Waals surface area contributed by atoms with E-state index in [2.05, 4.69) is 23.2 Å². The maximum absolute atomic E-state index is 12.9. The Morgan fingerprint density at radius 3 is 1.48 bits per heavy atom. The van der Waals surface area contributed by atoms with Gasteiger partial charge in [0.05, 0.1) is 0 Å². The third-order valence-corrected chi connectivity index (χ3v) is 5.46. The summed E-state index contributed by atoms with van der Waals surface area (Å²) >= 11 is 0. The van der Waals surface area contributed by atoms with Gasteiger partial charge in [0.25, 0.3) is 0 Å². The molecule has 0 amide bonds. The Kier molecular flexibility index (Phi) is 4.56. The molecule has 0 aliphatic heterocycles. The van der Waals surface area contributed by atoms with Crippen molar-refractivity contribution in [2.24, 2.45) is 0 Å². The Morgan fingerprint density at radius 1 is 0.593 bits per heavy atom. The van der Waals surface area contributed by atoms with E-state index >= 15 is 0 Å². The van der Waals surface area contributed by atoms with Crippen molar-refractivity contribution in [3.63, 3.8) is 0 Å². The molecular formula is C25H17OP. The third kappa shape index (κ3) is 3.80. The van der Waals surface area contributed by atoms with Crippen molar-refractivity contribution < 1.29 is 4.57 Å². The average molecular weight is 364 g/mol. The largest absolute Gasteiger partial charge is 0.296 e. The number of hydrogen-bond acceptors (Lipinski definition) is 1. The van der Waals surface area contributed by atoms with Crippen LogP contribution in [0.5, 0.6) is 0 Å². The van der Waals surface area contributed by atoms with Gasteiger partial charge in [0.1, 0.15) is 0 Å². The molecule has 2 heteroatoms. The summed E-state index contributed by atoms with van der Waals surface area (Å²) in [6.07, 6.45) is 0. The lowest BCUT2D eigenvalue weighted by molar-refractivity contribution is 0.591. The van der Waals surface area contributed by atoms with Crippen LogP contribution in [0.2, 0.25) is 0 Å². The fraction of sp³-hybridized carbons (Fsp3) is 0.0400. The Bertz CT molecular complexity index is 1210. The maximum Gasteiger partial charge on any atom is 0.220 e. The molecular weight excluding hydrogens is 347 g/mol. The molecule has 27 heavy (non-hydrogen) atoms. The van der Waals surface area contributed by atoms with Crippen LogP contribution in [-0.2, 0) is 4.57 Å². The van der Waals surface area contributed by atoms with Crippen molar-refractivity contribution in [2.45, 2.75) is 0 Å². The van der Waals surface area contributed by atoms with Gasteiger partial charge in [-0.15, -0.1) is 0 Å².